The molecule has 45 heavy (non-hydrogen) atoms. The molecule has 0 unspecified atom stereocenters. The molecule has 8 rings (SSSR count). The van der Waals surface area contributed by atoms with Crippen LogP contribution in [0.3, 0.4) is 0 Å². The van der Waals surface area contributed by atoms with Crippen LogP contribution in [0.2, 0.25) is 0 Å². The first-order valence-corrected chi connectivity index (χ1v) is 15.4. The molecule has 5 aromatic carbocycles. The van der Waals surface area contributed by atoms with Gasteiger partial charge in [-0.05, 0) is 23.6 Å². The zero-order valence-corrected chi connectivity index (χ0v) is 24.8. The van der Waals surface area contributed by atoms with Gasteiger partial charge in [0.1, 0.15) is 0 Å². The average Bonchev–Trinajstić information content (AvgIpc) is 3.57. The third-order valence-electron chi connectivity index (χ3n) is 7.39. The van der Waals surface area contributed by atoms with Crippen LogP contribution in [-0.2, 0) is 0 Å². The summed E-state index contributed by atoms with van der Waals surface area (Å²) in [6.07, 6.45) is 0. The molecule has 0 aliphatic heterocycles. The van der Waals surface area contributed by atoms with Crippen molar-refractivity contribution in [2.24, 2.45) is 0 Å². The largest absolute Gasteiger partial charge is 0.208 e. The van der Waals surface area contributed by atoms with Crippen LogP contribution in [0, 0.1) is 0 Å². The number of nitrogens with zero attached hydrogens (tertiary/aromatic N) is 6. The smallest absolute Gasteiger partial charge is 0.174 e. The maximum atomic E-state index is 4.99. The molecule has 0 spiro atoms. The van der Waals surface area contributed by atoms with Crippen molar-refractivity contribution >= 4 is 21.4 Å². The molecule has 0 N–H and O–H groups in total. The first-order valence-electron chi connectivity index (χ1n) is 14.5. The van der Waals surface area contributed by atoms with Crippen LogP contribution in [-0.4, -0.2) is 29.9 Å². The fourth-order valence-electron chi connectivity index (χ4n) is 5.16. The molecule has 0 aliphatic rings. The zero-order chi connectivity index (χ0) is 30.0. The third-order valence-corrected chi connectivity index (χ3v) is 8.50. The monoisotopic (exact) mass is 596 g/mol. The summed E-state index contributed by atoms with van der Waals surface area (Å²) in [5, 5.41) is 1.17. The highest BCUT2D eigenvalue weighted by atomic mass is 32.1. The van der Waals surface area contributed by atoms with E-state index >= 15 is 0 Å². The number of rotatable bonds is 6. The van der Waals surface area contributed by atoms with E-state index < -0.39 is 0 Å². The molecule has 7 heteroatoms. The minimum Gasteiger partial charge on any atom is -0.208 e. The Kier molecular flexibility index (Phi) is 6.90. The van der Waals surface area contributed by atoms with E-state index in [0.29, 0.717) is 34.9 Å². The van der Waals surface area contributed by atoms with Crippen molar-refractivity contribution in [2.75, 3.05) is 0 Å². The number of benzene rings is 5. The molecule has 6 nitrogen and oxygen atoms in total. The highest BCUT2D eigenvalue weighted by molar-refractivity contribution is 7.22. The van der Waals surface area contributed by atoms with Crippen LogP contribution in [0.4, 0.5) is 0 Å². The summed E-state index contributed by atoms with van der Waals surface area (Å²) in [6.45, 7) is 0. The van der Waals surface area contributed by atoms with Gasteiger partial charge in [0.25, 0.3) is 0 Å². The Labute approximate surface area is 263 Å². The van der Waals surface area contributed by atoms with Crippen molar-refractivity contribution in [1.29, 1.82) is 0 Å². The molecule has 0 aliphatic carbocycles. The van der Waals surface area contributed by atoms with E-state index in [9.17, 15) is 0 Å². The van der Waals surface area contributed by atoms with E-state index in [1.54, 1.807) is 11.3 Å². The van der Waals surface area contributed by atoms with Crippen molar-refractivity contribution < 1.29 is 0 Å². The fourth-order valence-corrected chi connectivity index (χ4v) is 6.16. The maximum absolute atomic E-state index is 4.99. The lowest BCUT2D eigenvalue weighted by Gasteiger charge is -2.10. The van der Waals surface area contributed by atoms with E-state index in [0.717, 1.165) is 32.7 Å². The molecule has 0 saturated heterocycles. The van der Waals surface area contributed by atoms with Gasteiger partial charge in [-0.2, -0.15) is 0 Å². The van der Waals surface area contributed by atoms with Gasteiger partial charge in [0.2, 0.25) is 0 Å². The van der Waals surface area contributed by atoms with Gasteiger partial charge in [-0.15, -0.1) is 11.3 Å². The van der Waals surface area contributed by atoms with Crippen LogP contribution in [0.5, 0.6) is 0 Å². The number of hydrogen-bond acceptors (Lipinski definition) is 7. The molecule has 3 heterocycles. The van der Waals surface area contributed by atoms with Crippen LogP contribution in [0.1, 0.15) is 0 Å². The van der Waals surface area contributed by atoms with Crippen molar-refractivity contribution in [3.8, 4) is 67.6 Å². The number of fused-ring (bicyclic) bond motifs is 1. The highest BCUT2D eigenvalue weighted by Crippen LogP contribution is 2.34. The summed E-state index contributed by atoms with van der Waals surface area (Å²) < 4.78 is 1.19. The van der Waals surface area contributed by atoms with E-state index in [1.807, 2.05) is 121 Å². The molecular weight excluding hydrogens is 573 g/mol. The topological polar surface area (TPSA) is 77.3 Å². The van der Waals surface area contributed by atoms with Gasteiger partial charge >= 0.3 is 0 Å². The second-order valence-corrected chi connectivity index (χ2v) is 11.5. The summed E-state index contributed by atoms with van der Waals surface area (Å²) in [7, 11) is 0. The Balaban J connectivity index is 1.27. The molecule has 0 amide bonds. The van der Waals surface area contributed by atoms with Crippen molar-refractivity contribution in [3.63, 3.8) is 0 Å². The lowest BCUT2D eigenvalue weighted by molar-refractivity contribution is 1.07. The first-order chi connectivity index (χ1) is 22.3. The van der Waals surface area contributed by atoms with E-state index in [4.69, 9.17) is 29.9 Å². The molecule has 0 saturated carbocycles. The fraction of sp³-hybridized carbons (Fsp3) is 0. The summed E-state index contributed by atoms with van der Waals surface area (Å²) in [5.74, 6) is 3.65. The SMILES string of the molecule is c1ccc(-c2nc(-c3ccccc3)nc(-c3cccc(-c4nc(-c5ccccc5)nc(-c5cc6ccccc6s5)n4)c3)n2)cc1. The lowest BCUT2D eigenvalue weighted by atomic mass is 10.1. The van der Waals surface area contributed by atoms with Gasteiger partial charge in [-0.3, -0.25) is 0 Å². The quantitative estimate of drug-likeness (QED) is 0.190. The van der Waals surface area contributed by atoms with Gasteiger partial charge in [0, 0.05) is 32.5 Å². The predicted octanol–water partition coefficient (Wildman–Crippen LogP) is 9.27. The van der Waals surface area contributed by atoms with E-state index in [1.165, 1.54) is 10.1 Å². The Bertz CT molecular complexity index is 2180. The van der Waals surface area contributed by atoms with Gasteiger partial charge < -0.3 is 0 Å². The van der Waals surface area contributed by atoms with Gasteiger partial charge in [0.05, 0.1) is 4.88 Å². The molecule has 0 fully saturated rings. The second kappa shape index (κ2) is 11.6. The molecule has 0 atom stereocenters. The number of aromatic nitrogens is 6. The number of hydrogen-bond donors (Lipinski definition) is 0. The standard InChI is InChI=1S/C38H24N6S/c1-4-13-25(14-5-1)33-39-34(26-15-6-2-7-16-26)41-36(40-33)29-20-12-21-30(23-29)37-42-35(27-17-8-3-9-18-27)43-38(44-37)32-24-28-19-10-11-22-31(28)45-32/h1-24H. The summed E-state index contributed by atoms with van der Waals surface area (Å²) in [4.78, 5) is 30.5. The van der Waals surface area contributed by atoms with Crippen LogP contribution < -0.4 is 0 Å². The van der Waals surface area contributed by atoms with E-state index in [-0.39, 0.29) is 0 Å². The predicted molar refractivity (Wildman–Crippen MR) is 181 cm³/mol. The lowest BCUT2D eigenvalue weighted by Crippen LogP contribution is -2.01. The Hall–Kier alpha value is -5.92. The minimum absolute atomic E-state index is 0.576. The van der Waals surface area contributed by atoms with Crippen molar-refractivity contribution in [3.05, 3.63) is 146 Å². The highest BCUT2D eigenvalue weighted by Gasteiger charge is 2.16. The normalized spacial score (nSPS) is 11.1. The Morgan fingerprint density at radius 1 is 0.311 bits per heavy atom. The third kappa shape index (κ3) is 5.48. The molecule has 0 bridgehead atoms. The van der Waals surface area contributed by atoms with E-state index in [2.05, 4.69) is 24.3 Å². The summed E-state index contributed by atoms with van der Waals surface area (Å²) in [6, 6.07) is 48.5. The number of thiophene rings is 1. The van der Waals surface area contributed by atoms with Crippen molar-refractivity contribution in [1.82, 2.24) is 29.9 Å². The van der Waals surface area contributed by atoms with Gasteiger partial charge in [-0.25, -0.2) is 29.9 Å². The van der Waals surface area contributed by atoms with Gasteiger partial charge in [0.15, 0.2) is 34.9 Å². The molecular formula is C38H24N6S. The average molecular weight is 597 g/mol. The zero-order valence-electron chi connectivity index (χ0n) is 23.9. The Morgan fingerprint density at radius 2 is 0.689 bits per heavy atom. The van der Waals surface area contributed by atoms with Crippen molar-refractivity contribution in [2.45, 2.75) is 0 Å². The summed E-state index contributed by atoms with van der Waals surface area (Å²) >= 11 is 1.68. The van der Waals surface area contributed by atoms with Gasteiger partial charge in [-0.1, -0.05) is 127 Å². The molecule has 8 aromatic rings. The van der Waals surface area contributed by atoms with Crippen LogP contribution in [0.15, 0.2) is 146 Å². The Morgan fingerprint density at radius 3 is 1.16 bits per heavy atom. The first kappa shape index (κ1) is 26.7. The molecule has 212 valence electrons. The van der Waals surface area contributed by atoms with Crippen LogP contribution in [0.25, 0.3) is 77.7 Å². The van der Waals surface area contributed by atoms with Crippen LogP contribution >= 0.6 is 11.3 Å². The maximum Gasteiger partial charge on any atom is 0.174 e. The molecule has 0 radical (unpaired) electrons. The molecule has 3 aromatic heterocycles. The summed E-state index contributed by atoms with van der Waals surface area (Å²) in [5.41, 5.74) is 4.46. The second-order valence-electron chi connectivity index (χ2n) is 10.4. The minimum atomic E-state index is 0.576.